The number of rotatable bonds is 12. The second-order valence-electron chi connectivity index (χ2n) is 24.5. The van der Waals surface area contributed by atoms with Gasteiger partial charge in [-0.15, -0.1) is 0 Å². The summed E-state index contributed by atoms with van der Waals surface area (Å²) in [5.41, 5.74) is 23.6. The van der Waals surface area contributed by atoms with Crippen LogP contribution in [0.4, 0.5) is 0 Å². The molecule has 0 fully saturated rings. The second-order valence-corrected chi connectivity index (χ2v) is 24.5. The van der Waals surface area contributed by atoms with Gasteiger partial charge in [-0.1, -0.05) is 212 Å². The first kappa shape index (κ1) is 58.0. The first-order chi connectivity index (χ1) is 48.4. The number of hydrogen-bond acceptors (Lipinski definition) is 6. The van der Waals surface area contributed by atoms with Crippen molar-refractivity contribution in [3.8, 4) is 142 Å². The van der Waals surface area contributed by atoms with Crippen molar-refractivity contribution in [2.45, 2.75) is 0 Å². The molecule has 0 N–H and O–H groups in total. The molecule has 0 atom stereocenters. The molecular formula is C90H54N8. The van der Waals surface area contributed by atoms with Gasteiger partial charge in [-0.3, -0.25) is 0 Å². The van der Waals surface area contributed by atoms with Crippen LogP contribution >= 0.6 is 0 Å². The fraction of sp³-hybridized carbons (Fsp3) is 0. The Morgan fingerprint density at radius 2 is 0.480 bits per heavy atom. The summed E-state index contributed by atoms with van der Waals surface area (Å²) < 4.78 is 4.68. The van der Waals surface area contributed by atoms with Crippen LogP contribution in [0.2, 0.25) is 0 Å². The Morgan fingerprint density at radius 3 is 0.847 bits per heavy atom. The van der Waals surface area contributed by atoms with Gasteiger partial charge in [0.05, 0.1) is 68.3 Å². The van der Waals surface area contributed by atoms with Crippen molar-refractivity contribution in [1.29, 1.82) is 15.8 Å². The highest BCUT2D eigenvalue weighted by atomic mass is 15.1. The van der Waals surface area contributed by atoms with Gasteiger partial charge in [-0.25, -0.2) is 15.0 Å². The van der Waals surface area contributed by atoms with Crippen molar-refractivity contribution >= 4 is 43.6 Å². The van der Waals surface area contributed by atoms with E-state index in [0.717, 1.165) is 138 Å². The highest BCUT2D eigenvalue weighted by Crippen LogP contribution is 2.45. The van der Waals surface area contributed by atoms with Crippen LogP contribution in [0.5, 0.6) is 0 Å². The van der Waals surface area contributed by atoms with Gasteiger partial charge in [-0.05, 0) is 193 Å². The molecule has 0 unspecified atom stereocenters. The first-order valence-corrected chi connectivity index (χ1v) is 32.5. The molecule has 0 aliphatic rings. The molecule has 0 radical (unpaired) electrons. The molecule has 0 amide bonds. The average Bonchev–Trinajstić information content (AvgIpc) is 1.56. The largest absolute Gasteiger partial charge is 0.308 e. The number of nitriles is 3. The Labute approximate surface area is 566 Å². The van der Waals surface area contributed by atoms with E-state index < -0.39 is 0 Å². The molecule has 0 saturated heterocycles. The lowest BCUT2D eigenvalue weighted by Gasteiger charge is -2.18. The molecule has 0 saturated carbocycles. The fourth-order valence-corrected chi connectivity index (χ4v) is 13.8. The van der Waals surface area contributed by atoms with Crippen molar-refractivity contribution in [3.05, 3.63) is 344 Å². The van der Waals surface area contributed by atoms with Crippen LogP contribution < -0.4 is 0 Å². The summed E-state index contributed by atoms with van der Waals surface area (Å²) in [5.74, 6) is 1.24. The molecule has 0 bridgehead atoms. The van der Waals surface area contributed by atoms with Crippen molar-refractivity contribution in [2.24, 2.45) is 0 Å². The van der Waals surface area contributed by atoms with Gasteiger partial charge in [0, 0.05) is 38.2 Å². The van der Waals surface area contributed by atoms with Crippen molar-refractivity contribution in [2.75, 3.05) is 0 Å². The molecule has 14 aromatic carbocycles. The standard InChI is InChI=1S/C90H54N8/c91-55-58-30-32-65(33-31-58)68-28-15-29-75(48-68)88-94-89(80-53-73(66-26-13-16-59(46-66)56-92)38-44-86(80)97-82-40-34-69(61-18-5-1-6-19-61)49-76(82)77-50-70(35-41-83(77)97)62-20-7-2-8-21-62)96-90(95-88)81-54-74(67-27-14-17-60(47-67)57-93)39-45-87(81)98-84-42-36-71(63-22-9-3-10-23-63)51-78(84)79-52-72(37-43-85(79)98)64-24-11-4-12-25-64/h1-54H. The topological polar surface area (TPSA) is 120 Å². The Bertz CT molecular complexity index is 5610. The summed E-state index contributed by atoms with van der Waals surface area (Å²) >= 11 is 0. The zero-order valence-electron chi connectivity index (χ0n) is 52.8. The smallest absolute Gasteiger partial charge is 0.166 e. The average molecular weight is 1250 g/mol. The molecule has 3 heterocycles. The number of aromatic nitrogens is 5. The van der Waals surface area contributed by atoms with E-state index in [1.165, 1.54) is 0 Å². The van der Waals surface area contributed by atoms with Gasteiger partial charge in [0.2, 0.25) is 0 Å². The number of benzene rings is 14. The number of fused-ring (bicyclic) bond motifs is 6. The Kier molecular flexibility index (Phi) is 14.5. The molecule has 3 aromatic heterocycles. The lowest BCUT2D eigenvalue weighted by molar-refractivity contribution is 1.06. The summed E-state index contributed by atoms with van der Waals surface area (Å²) in [6, 6.07) is 120. The van der Waals surface area contributed by atoms with Gasteiger partial charge < -0.3 is 9.13 Å². The normalized spacial score (nSPS) is 11.2. The van der Waals surface area contributed by atoms with E-state index in [1.807, 2.05) is 109 Å². The van der Waals surface area contributed by atoms with E-state index >= 15 is 0 Å². The summed E-state index contributed by atoms with van der Waals surface area (Å²) in [4.78, 5) is 17.2. The first-order valence-electron chi connectivity index (χ1n) is 32.5. The van der Waals surface area contributed by atoms with Crippen molar-refractivity contribution < 1.29 is 0 Å². The summed E-state index contributed by atoms with van der Waals surface area (Å²) in [7, 11) is 0. The summed E-state index contributed by atoms with van der Waals surface area (Å²) in [6.07, 6.45) is 0. The van der Waals surface area contributed by atoms with E-state index in [9.17, 15) is 15.8 Å². The summed E-state index contributed by atoms with van der Waals surface area (Å²) in [6.45, 7) is 0. The number of hydrogen-bond donors (Lipinski definition) is 0. The van der Waals surface area contributed by atoms with Crippen LogP contribution in [0.3, 0.4) is 0 Å². The zero-order chi connectivity index (χ0) is 65.6. The third-order valence-electron chi connectivity index (χ3n) is 18.7. The van der Waals surface area contributed by atoms with Crippen LogP contribution in [-0.2, 0) is 0 Å². The SMILES string of the molecule is N#Cc1ccc(-c2cccc(-c3nc(-c4cc(-c5cccc(C#N)c5)ccc4-n4c5ccc(-c6ccccc6)cc5c5cc(-c6ccccc6)ccc54)nc(-c4cc(-c5cccc(C#N)c5)ccc4-n4c5ccc(-c6ccccc6)cc5c5cc(-c6ccccc6)ccc54)n3)c2)cc1. The van der Waals surface area contributed by atoms with E-state index in [-0.39, 0.29) is 0 Å². The third-order valence-corrected chi connectivity index (χ3v) is 18.7. The van der Waals surface area contributed by atoms with E-state index in [1.54, 1.807) is 0 Å². The number of nitrogens with zero attached hydrogens (tertiary/aromatic N) is 8. The Morgan fingerprint density at radius 1 is 0.204 bits per heavy atom. The maximum Gasteiger partial charge on any atom is 0.166 e. The van der Waals surface area contributed by atoms with Crippen LogP contribution in [0.15, 0.2) is 328 Å². The Hall–Kier alpha value is -13.8. The predicted octanol–water partition coefficient (Wildman–Crippen LogP) is 22.4. The Balaban J connectivity index is 0.971. The maximum atomic E-state index is 10.3. The molecule has 17 aromatic rings. The highest BCUT2D eigenvalue weighted by molar-refractivity contribution is 6.14. The van der Waals surface area contributed by atoms with Crippen LogP contribution in [-0.4, -0.2) is 24.1 Å². The molecular weight excluding hydrogens is 1190 g/mol. The molecule has 0 aliphatic carbocycles. The molecule has 0 spiro atoms. The fourth-order valence-electron chi connectivity index (χ4n) is 13.8. The van der Waals surface area contributed by atoms with Crippen LogP contribution in [0.25, 0.3) is 167 Å². The minimum Gasteiger partial charge on any atom is -0.308 e. The highest BCUT2D eigenvalue weighted by Gasteiger charge is 2.25. The second kappa shape index (κ2) is 24.6. The third kappa shape index (κ3) is 10.6. The van der Waals surface area contributed by atoms with E-state index in [2.05, 4.69) is 246 Å². The minimum absolute atomic E-state index is 0.406. The van der Waals surface area contributed by atoms with Gasteiger partial charge in [0.15, 0.2) is 17.5 Å². The molecule has 454 valence electrons. The zero-order valence-corrected chi connectivity index (χ0v) is 52.8. The lowest BCUT2D eigenvalue weighted by Crippen LogP contribution is -2.06. The van der Waals surface area contributed by atoms with Crippen molar-refractivity contribution in [1.82, 2.24) is 24.1 Å². The van der Waals surface area contributed by atoms with Gasteiger partial charge in [-0.2, -0.15) is 15.8 Å². The molecule has 0 aliphatic heterocycles. The van der Waals surface area contributed by atoms with E-state index in [4.69, 9.17) is 15.0 Å². The monoisotopic (exact) mass is 1250 g/mol. The molecule has 8 heteroatoms. The lowest BCUT2D eigenvalue weighted by atomic mass is 9.98. The van der Waals surface area contributed by atoms with Crippen molar-refractivity contribution in [3.63, 3.8) is 0 Å². The predicted molar refractivity (Wildman–Crippen MR) is 397 cm³/mol. The minimum atomic E-state index is 0.406. The molecule has 98 heavy (non-hydrogen) atoms. The van der Waals surface area contributed by atoms with E-state index in [0.29, 0.717) is 45.3 Å². The molecule has 17 rings (SSSR count). The molecule has 8 nitrogen and oxygen atoms in total. The maximum absolute atomic E-state index is 10.3. The van der Waals surface area contributed by atoms with Gasteiger partial charge in [0.25, 0.3) is 0 Å². The quantitative estimate of drug-likeness (QED) is 0.120. The van der Waals surface area contributed by atoms with Gasteiger partial charge >= 0.3 is 0 Å². The summed E-state index contributed by atoms with van der Waals surface area (Å²) in [5, 5.41) is 34.8. The van der Waals surface area contributed by atoms with Crippen LogP contribution in [0, 0.1) is 34.0 Å². The van der Waals surface area contributed by atoms with Gasteiger partial charge in [0.1, 0.15) is 0 Å². The van der Waals surface area contributed by atoms with Crippen LogP contribution in [0.1, 0.15) is 16.7 Å².